The molecule has 4 aromatic rings. The van der Waals surface area contributed by atoms with Crippen LogP contribution in [0.5, 0.6) is 0 Å². The molecule has 1 aliphatic heterocycles. The van der Waals surface area contributed by atoms with Gasteiger partial charge in [-0.1, -0.05) is 0 Å². The fraction of sp³-hybridized carbons (Fsp3) is 0.304. The summed E-state index contributed by atoms with van der Waals surface area (Å²) >= 11 is 0. The summed E-state index contributed by atoms with van der Waals surface area (Å²) in [6.07, 6.45) is 5.80. The zero-order chi connectivity index (χ0) is 23.1. The lowest BCUT2D eigenvalue weighted by atomic mass is 10.0. The Morgan fingerprint density at radius 2 is 2.06 bits per heavy atom. The van der Waals surface area contributed by atoms with E-state index in [-0.39, 0.29) is 17.5 Å². The summed E-state index contributed by atoms with van der Waals surface area (Å²) in [5.41, 5.74) is 2.59. The molecular formula is C23H23FN6O3. The van der Waals surface area contributed by atoms with Gasteiger partial charge in [0.1, 0.15) is 11.6 Å². The highest BCUT2D eigenvalue weighted by atomic mass is 19.1. The first-order chi connectivity index (χ1) is 15.9. The number of ether oxygens (including phenoxy) is 1. The third-order valence-corrected chi connectivity index (χ3v) is 5.68. The van der Waals surface area contributed by atoms with Crippen LogP contribution in [0.2, 0.25) is 0 Å². The van der Waals surface area contributed by atoms with Crippen molar-refractivity contribution in [3.8, 4) is 22.5 Å². The van der Waals surface area contributed by atoms with Gasteiger partial charge in [0.05, 0.1) is 30.6 Å². The Bertz CT molecular complexity index is 1360. The van der Waals surface area contributed by atoms with Crippen molar-refractivity contribution in [3.05, 3.63) is 53.6 Å². The minimum absolute atomic E-state index is 0.0876. The molecule has 1 aromatic carbocycles. The zero-order valence-corrected chi connectivity index (χ0v) is 18.5. The van der Waals surface area contributed by atoms with Crippen LogP contribution < -0.4 is 10.6 Å². The Balaban J connectivity index is 1.68. The van der Waals surface area contributed by atoms with Crippen LogP contribution in [0.25, 0.3) is 28.1 Å². The highest BCUT2D eigenvalue weighted by molar-refractivity contribution is 5.96. The van der Waals surface area contributed by atoms with Gasteiger partial charge in [-0.3, -0.25) is 4.79 Å². The lowest BCUT2D eigenvalue weighted by molar-refractivity contribution is 0.0963. The highest BCUT2D eigenvalue weighted by Crippen LogP contribution is 2.34. The second-order valence-electron chi connectivity index (χ2n) is 8.01. The summed E-state index contributed by atoms with van der Waals surface area (Å²) in [6.45, 7) is 4.63. The van der Waals surface area contributed by atoms with Crippen molar-refractivity contribution < 1.29 is 18.3 Å². The molecule has 3 aromatic heterocycles. The van der Waals surface area contributed by atoms with E-state index in [0.717, 1.165) is 6.42 Å². The smallest absolute Gasteiger partial charge is 0.251 e. The SMILES string of the molecule is CNC(=O)c1cc(C)c(F)c(-c2cnn3cc(-c4cnc(C)o4)c(N[C@H]4CCOC4)nc23)c1. The molecule has 0 aliphatic carbocycles. The second-order valence-corrected chi connectivity index (χ2v) is 8.01. The first-order valence-corrected chi connectivity index (χ1v) is 10.6. The number of hydrogen-bond acceptors (Lipinski definition) is 7. The van der Waals surface area contributed by atoms with Crippen LogP contribution in [0, 0.1) is 19.7 Å². The molecule has 0 radical (unpaired) electrons. The van der Waals surface area contributed by atoms with E-state index in [0.29, 0.717) is 58.6 Å². The molecule has 1 saturated heterocycles. The molecule has 9 nitrogen and oxygen atoms in total. The standard InChI is InChI=1S/C23H23FN6O3/c1-12-6-14(23(31)25-3)7-16(20(12)24)17-8-27-30-10-18(19-9-26-13(2)33-19)21(29-22(17)30)28-15-4-5-32-11-15/h6-10,15H,4-5,11H2,1-3H3,(H,25,31)(H,28,29)/t15-/m0/s1. The molecule has 1 aliphatic rings. The number of rotatable bonds is 5. The van der Waals surface area contributed by atoms with Gasteiger partial charge in [0.15, 0.2) is 17.3 Å². The molecule has 0 saturated carbocycles. The molecule has 2 N–H and O–H groups in total. The molecule has 5 rings (SSSR count). The van der Waals surface area contributed by atoms with E-state index in [2.05, 4.69) is 20.7 Å². The maximum atomic E-state index is 15.2. The van der Waals surface area contributed by atoms with E-state index in [4.69, 9.17) is 14.1 Å². The van der Waals surface area contributed by atoms with Gasteiger partial charge in [-0.05, 0) is 31.0 Å². The predicted molar refractivity (Wildman–Crippen MR) is 120 cm³/mol. The molecule has 10 heteroatoms. The van der Waals surface area contributed by atoms with Crippen LogP contribution in [0.15, 0.2) is 35.1 Å². The van der Waals surface area contributed by atoms with E-state index in [1.807, 2.05) is 0 Å². The number of fused-ring (bicyclic) bond motifs is 1. The number of nitrogens with zero attached hydrogens (tertiary/aromatic N) is 4. The number of benzene rings is 1. The van der Waals surface area contributed by atoms with Crippen LogP contribution in [0.4, 0.5) is 10.2 Å². The first kappa shape index (κ1) is 21.1. The topological polar surface area (TPSA) is 107 Å². The third-order valence-electron chi connectivity index (χ3n) is 5.68. The van der Waals surface area contributed by atoms with E-state index < -0.39 is 5.82 Å². The number of halogens is 1. The molecule has 0 spiro atoms. The molecule has 0 bridgehead atoms. The van der Waals surface area contributed by atoms with Crippen molar-refractivity contribution in [1.82, 2.24) is 24.9 Å². The Kier molecular flexibility index (Phi) is 5.29. The molecule has 1 amide bonds. The normalized spacial score (nSPS) is 15.8. The number of carbonyl (C=O) groups excluding carboxylic acids is 1. The molecular weight excluding hydrogens is 427 g/mol. The van der Waals surface area contributed by atoms with E-state index in [1.54, 1.807) is 37.0 Å². The number of amides is 1. The monoisotopic (exact) mass is 450 g/mol. The van der Waals surface area contributed by atoms with Gasteiger partial charge >= 0.3 is 0 Å². The summed E-state index contributed by atoms with van der Waals surface area (Å²) < 4.78 is 28.0. The maximum Gasteiger partial charge on any atom is 0.251 e. The van der Waals surface area contributed by atoms with E-state index in [1.165, 1.54) is 19.2 Å². The molecule has 170 valence electrons. The second kappa shape index (κ2) is 8.28. The van der Waals surface area contributed by atoms with Crippen LogP contribution in [-0.4, -0.2) is 51.8 Å². The molecule has 1 fully saturated rings. The third kappa shape index (κ3) is 3.82. The average Bonchev–Trinajstić information content (AvgIpc) is 3.56. The van der Waals surface area contributed by atoms with Gasteiger partial charge in [0, 0.05) is 43.5 Å². The zero-order valence-electron chi connectivity index (χ0n) is 18.5. The minimum atomic E-state index is -0.423. The quantitative estimate of drug-likeness (QED) is 0.480. The number of carbonyl (C=O) groups is 1. The van der Waals surface area contributed by atoms with Gasteiger partial charge < -0.3 is 19.8 Å². The van der Waals surface area contributed by atoms with Gasteiger partial charge in [0.25, 0.3) is 5.91 Å². The van der Waals surface area contributed by atoms with Crippen molar-refractivity contribution >= 4 is 17.4 Å². The molecule has 4 heterocycles. The number of nitrogens with one attached hydrogen (secondary N) is 2. The lowest BCUT2D eigenvalue weighted by Gasteiger charge is -2.15. The van der Waals surface area contributed by atoms with E-state index in [9.17, 15) is 4.79 Å². The lowest BCUT2D eigenvalue weighted by Crippen LogP contribution is -2.20. The molecule has 1 atom stereocenters. The summed E-state index contributed by atoms with van der Waals surface area (Å²) in [6, 6.07) is 3.13. The Morgan fingerprint density at radius 3 is 2.76 bits per heavy atom. The number of aryl methyl sites for hydroxylation is 2. The average molecular weight is 450 g/mol. The van der Waals surface area contributed by atoms with Crippen molar-refractivity contribution in [2.45, 2.75) is 26.3 Å². The Labute approximate surface area is 189 Å². The fourth-order valence-corrected chi connectivity index (χ4v) is 3.96. The van der Waals surface area contributed by atoms with Crippen molar-refractivity contribution in [2.75, 3.05) is 25.6 Å². The van der Waals surface area contributed by atoms with Gasteiger partial charge in [-0.25, -0.2) is 18.9 Å². The Hall–Kier alpha value is -3.79. The van der Waals surface area contributed by atoms with E-state index >= 15 is 4.39 Å². The fourth-order valence-electron chi connectivity index (χ4n) is 3.96. The van der Waals surface area contributed by atoms with Crippen LogP contribution in [0.3, 0.4) is 0 Å². The van der Waals surface area contributed by atoms with Crippen LogP contribution in [0.1, 0.15) is 28.2 Å². The molecule has 33 heavy (non-hydrogen) atoms. The van der Waals surface area contributed by atoms with Gasteiger partial charge in [-0.2, -0.15) is 5.10 Å². The first-order valence-electron chi connectivity index (χ1n) is 10.6. The predicted octanol–water partition coefficient (Wildman–Crippen LogP) is 3.37. The largest absolute Gasteiger partial charge is 0.441 e. The number of aromatic nitrogens is 4. The molecule has 0 unspecified atom stereocenters. The maximum absolute atomic E-state index is 15.2. The summed E-state index contributed by atoms with van der Waals surface area (Å²) in [5, 5.41) is 10.4. The Morgan fingerprint density at radius 1 is 1.21 bits per heavy atom. The van der Waals surface area contributed by atoms with Crippen molar-refractivity contribution in [1.29, 1.82) is 0 Å². The number of hydrogen-bond donors (Lipinski definition) is 2. The van der Waals surface area contributed by atoms with Gasteiger partial charge in [0.2, 0.25) is 0 Å². The summed E-state index contributed by atoms with van der Waals surface area (Å²) in [5.74, 6) is 0.924. The summed E-state index contributed by atoms with van der Waals surface area (Å²) in [4.78, 5) is 21.2. The number of oxazole rings is 1. The van der Waals surface area contributed by atoms with Gasteiger partial charge in [-0.15, -0.1) is 0 Å². The van der Waals surface area contributed by atoms with Crippen molar-refractivity contribution in [2.24, 2.45) is 0 Å². The van der Waals surface area contributed by atoms with Crippen molar-refractivity contribution in [3.63, 3.8) is 0 Å². The van der Waals surface area contributed by atoms with Crippen LogP contribution in [-0.2, 0) is 4.74 Å². The number of anilines is 1. The van der Waals surface area contributed by atoms with Crippen LogP contribution >= 0.6 is 0 Å². The minimum Gasteiger partial charge on any atom is -0.441 e. The highest BCUT2D eigenvalue weighted by Gasteiger charge is 2.23. The summed E-state index contributed by atoms with van der Waals surface area (Å²) in [7, 11) is 1.54.